The molecule has 2 amide bonds. The third-order valence-electron chi connectivity index (χ3n) is 0.859. The fourth-order valence-corrected chi connectivity index (χ4v) is 0.439. The van der Waals surface area contributed by atoms with Crippen LogP contribution in [0.5, 0.6) is 0 Å². The zero-order chi connectivity index (χ0) is 7.82. The number of rotatable bonds is 4. The Balaban J connectivity index is 3.05. The van der Waals surface area contributed by atoms with E-state index in [1.54, 1.807) is 7.05 Å². The number of hydrazine groups is 1. The summed E-state index contributed by atoms with van der Waals surface area (Å²) in [6.07, 6.45) is 0.580. The number of hydrogen-bond acceptors (Lipinski definition) is 3. The molecule has 0 saturated heterocycles. The van der Waals surface area contributed by atoms with E-state index < -0.39 is 0 Å². The molecule has 5 heteroatoms. The van der Waals surface area contributed by atoms with Crippen LogP contribution in [-0.4, -0.2) is 31.3 Å². The minimum absolute atomic E-state index is 0.0971. The van der Waals surface area contributed by atoms with Gasteiger partial charge in [0, 0.05) is 20.2 Å². The van der Waals surface area contributed by atoms with Crippen molar-refractivity contribution in [3.05, 3.63) is 0 Å². The number of amides is 2. The van der Waals surface area contributed by atoms with Crippen LogP contribution in [0.25, 0.3) is 0 Å². The summed E-state index contributed by atoms with van der Waals surface area (Å²) in [5, 5.41) is 10.8. The van der Waals surface area contributed by atoms with Crippen LogP contribution in [0.2, 0.25) is 0 Å². The molecule has 0 atom stereocenters. The second-order valence-corrected chi connectivity index (χ2v) is 1.71. The maximum atomic E-state index is 10.6. The summed E-state index contributed by atoms with van der Waals surface area (Å²) >= 11 is 0. The first-order valence-electron chi connectivity index (χ1n) is 3.12. The average Bonchev–Trinajstić information content (AvgIpc) is 1.89. The monoisotopic (exact) mass is 147 g/mol. The van der Waals surface area contributed by atoms with Crippen LogP contribution in [-0.2, 0) is 0 Å². The Morgan fingerprint density at radius 3 is 2.80 bits per heavy atom. The summed E-state index contributed by atoms with van der Waals surface area (Å²) in [6, 6.07) is -0.282. The Bertz CT molecular complexity index is 96.9. The molecule has 0 unspecified atom stereocenters. The smallest absolute Gasteiger partial charge is 0.329 e. The summed E-state index contributed by atoms with van der Waals surface area (Å²) in [7, 11) is 1.60. The molecule has 10 heavy (non-hydrogen) atoms. The zero-order valence-corrected chi connectivity index (χ0v) is 5.98. The molecule has 0 radical (unpaired) electrons. The number of nitrogens with one attached hydrogen (secondary N) is 3. The van der Waals surface area contributed by atoms with E-state index in [-0.39, 0.29) is 12.6 Å². The van der Waals surface area contributed by atoms with Crippen molar-refractivity contribution in [3.63, 3.8) is 0 Å². The molecule has 0 aliphatic rings. The van der Waals surface area contributed by atoms with Crippen LogP contribution >= 0.6 is 0 Å². The Morgan fingerprint density at radius 1 is 1.60 bits per heavy atom. The Morgan fingerprint density at radius 2 is 2.30 bits per heavy atom. The number of hydrogen-bond donors (Lipinski definition) is 4. The second-order valence-electron chi connectivity index (χ2n) is 1.71. The third-order valence-corrected chi connectivity index (χ3v) is 0.859. The van der Waals surface area contributed by atoms with E-state index in [1.807, 2.05) is 0 Å². The molecule has 0 saturated carbocycles. The van der Waals surface area contributed by atoms with Crippen LogP contribution in [0.4, 0.5) is 4.79 Å². The molecule has 0 aliphatic heterocycles. The standard InChI is InChI=1S/C5H13N3O2/c1-6-8-5(10)7-3-2-4-9/h6,9H,2-4H2,1H3,(H2,7,8,10). The molecule has 0 heterocycles. The van der Waals surface area contributed by atoms with E-state index in [1.165, 1.54) is 0 Å². The Labute approximate surface area is 59.8 Å². The van der Waals surface area contributed by atoms with Gasteiger partial charge in [0.1, 0.15) is 0 Å². The summed E-state index contributed by atoms with van der Waals surface area (Å²) in [4.78, 5) is 10.6. The summed E-state index contributed by atoms with van der Waals surface area (Å²) < 4.78 is 0. The van der Waals surface area contributed by atoms with E-state index in [2.05, 4.69) is 16.2 Å². The normalized spacial score (nSPS) is 9.00. The second kappa shape index (κ2) is 6.31. The largest absolute Gasteiger partial charge is 0.396 e. The van der Waals surface area contributed by atoms with Gasteiger partial charge in [0.2, 0.25) is 0 Å². The van der Waals surface area contributed by atoms with Gasteiger partial charge in [-0.3, -0.25) is 5.43 Å². The highest BCUT2D eigenvalue weighted by Gasteiger charge is 1.93. The molecular formula is C5H13N3O2. The molecule has 0 aromatic heterocycles. The lowest BCUT2D eigenvalue weighted by Crippen LogP contribution is -2.42. The topological polar surface area (TPSA) is 73.4 Å². The molecule has 0 spiro atoms. The number of aliphatic hydroxyl groups is 1. The first kappa shape index (κ1) is 9.19. The van der Waals surface area contributed by atoms with Crippen LogP contribution in [0.3, 0.4) is 0 Å². The Hall–Kier alpha value is -0.810. The molecule has 60 valence electrons. The maximum Gasteiger partial charge on any atom is 0.329 e. The van der Waals surface area contributed by atoms with E-state index in [9.17, 15) is 4.79 Å². The molecule has 0 bridgehead atoms. The minimum Gasteiger partial charge on any atom is -0.396 e. The van der Waals surface area contributed by atoms with Gasteiger partial charge in [0.25, 0.3) is 0 Å². The van der Waals surface area contributed by atoms with Crippen molar-refractivity contribution in [2.75, 3.05) is 20.2 Å². The molecule has 0 aromatic carbocycles. The predicted molar refractivity (Wildman–Crippen MR) is 37.3 cm³/mol. The third kappa shape index (κ3) is 5.33. The SMILES string of the molecule is CNNC(=O)NCCCO. The Kier molecular flexibility index (Phi) is 5.80. The molecule has 0 aliphatic carbocycles. The van der Waals surface area contributed by atoms with E-state index >= 15 is 0 Å². The van der Waals surface area contributed by atoms with Gasteiger partial charge < -0.3 is 10.4 Å². The van der Waals surface area contributed by atoms with E-state index in [4.69, 9.17) is 5.11 Å². The highest BCUT2D eigenvalue weighted by atomic mass is 16.3. The first-order valence-corrected chi connectivity index (χ1v) is 3.12. The van der Waals surface area contributed by atoms with E-state index in [0.717, 1.165) is 0 Å². The van der Waals surface area contributed by atoms with Crippen molar-refractivity contribution in [2.45, 2.75) is 6.42 Å². The highest BCUT2D eigenvalue weighted by molar-refractivity contribution is 5.73. The maximum absolute atomic E-state index is 10.6. The fraction of sp³-hybridized carbons (Fsp3) is 0.800. The molecule has 5 nitrogen and oxygen atoms in total. The number of carbonyl (C=O) groups is 1. The van der Waals surface area contributed by atoms with Gasteiger partial charge in [0.15, 0.2) is 0 Å². The number of carbonyl (C=O) groups excluding carboxylic acids is 1. The number of urea groups is 1. The van der Waals surface area contributed by atoms with Crippen molar-refractivity contribution in [2.24, 2.45) is 0 Å². The lowest BCUT2D eigenvalue weighted by molar-refractivity contribution is 0.235. The van der Waals surface area contributed by atoms with Crippen molar-refractivity contribution >= 4 is 6.03 Å². The highest BCUT2D eigenvalue weighted by Crippen LogP contribution is 1.70. The zero-order valence-electron chi connectivity index (χ0n) is 5.98. The predicted octanol–water partition coefficient (Wildman–Crippen LogP) is -1.20. The fourth-order valence-electron chi connectivity index (χ4n) is 0.439. The molecule has 0 fully saturated rings. The minimum atomic E-state index is -0.282. The van der Waals surface area contributed by atoms with Gasteiger partial charge in [-0.25, -0.2) is 10.2 Å². The summed E-state index contributed by atoms with van der Waals surface area (Å²) in [5.74, 6) is 0. The molecule has 0 rings (SSSR count). The van der Waals surface area contributed by atoms with E-state index in [0.29, 0.717) is 13.0 Å². The van der Waals surface area contributed by atoms with Gasteiger partial charge in [0.05, 0.1) is 0 Å². The lowest BCUT2D eigenvalue weighted by Gasteiger charge is -2.03. The summed E-state index contributed by atoms with van der Waals surface area (Å²) in [5.41, 5.74) is 4.79. The first-order chi connectivity index (χ1) is 4.81. The van der Waals surface area contributed by atoms with Crippen molar-refractivity contribution in [1.29, 1.82) is 0 Å². The number of aliphatic hydroxyl groups excluding tert-OH is 1. The van der Waals surface area contributed by atoms with Gasteiger partial charge >= 0.3 is 6.03 Å². The van der Waals surface area contributed by atoms with Crippen molar-refractivity contribution in [3.8, 4) is 0 Å². The molecular weight excluding hydrogens is 134 g/mol. The molecule has 4 N–H and O–H groups in total. The van der Waals surface area contributed by atoms with Crippen molar-refractivity contribution < 1.29 is 9.90 Å². The quantitative estimate of drug-likeness (QED) is 0.298. The van der Waals surface area contributed by atoms with Crippen LogP contribution in [0.15, 0.2) is 0 Å². The van der Waals surface area contributed by atoms with Crippen LogP contribution < -0.4 is 16.2 Å². The van der Waals surface area contributed by atoms with Crippen LogP contribution in [0, 0.1) is 0 Å². The van der Waals surface area contributed by atoms with Gasteiger partial charge in [-0.15, -0.1) is 0 Å². The van der Waals surface area contributed by atoms with Gasteiger partial charge in [-0.2, -0.15) is 0 Å². The van der Waals surface area contributed by atoms with Crippen molar-refractivity contribution in [1.82, 2.24) is 16.2 Å². The average molecular weight is 147 g/mol. The van der Waals surface area contributed by atoms with Crippen LogP contribution in [0.1, 0.15) is 6.42 Å². The van der Waals surface area contributed by atoms with Gasteiger partial charge in [-0.1, -0.05) is 0 Å². The van der Waals surface area contributed by atoms with Gasteiger partial charge in [-0.05, 0) is 6.42 Å². The summed E-state index contributed by atoms with van der Waals surface area (Å²) in [6.45, 7) is 0.587. The molecule has 0 aromatic rings. The lowest BCUT2D eigenvalue weighted by atomic mass is 10.4.